The molecule has 19 heavy (non-hydrogen) atoms. The van der Waals surface area contributed by atoms with Gasteiger partial charge >= 0.3 is 0 Å². The van der Waals surface area contributed by atoms with E-state index in [9.17, 15) is 0 Å². The number of fused-ring (bicyclic) bond motifs is 1. The van der Waals surface area contributed by atoms with Gasteiger partial charge in [0.15, 0.2) is 5.13 Å². The van der Waals surface area contributed by atoms with E-state index in [1.807, 2.05) is 18.2 Å². The Hall–Kier alpha value is -1.10. The first-order valence-electron chi connectivity index (χ1n) is 6.06. The van der Waals surface area contributed by atoms with E-state index in [4.69, 9.17) is 11.6 Å². The van der Waals surface area contributed by atoms with Gasteiger partial charge in [0.25, 0.3) is 0 Å². The first-order chi connectivity index (χ1) is 9.20. The van der Waals surface area contributed by atoms with Gasteiger partial charge in [0, 0.05) is 22.4 Å². The third-order valence-corrected chi connectivity index (χ3v) is 4.89. The van der Waals surface area contributed by atoms with Gasteiger partial charge in [-0.2, -0.15) is 0 Å². The Kier molecular flexibility index (Phi) is 3.73. The zero-order valence-electron chi connectivity index (χ0n) is 10.4. The number of hydrogen-bond acceptors (Lipinski definition) is 4. The summed E-state index contributed by atoms with van der Waals surface area (Å²) in [6.07, 6.45) is 1.02. The van der Waals surface area contributed by atoms with Crippen LogP contribution in [0.1, 0.15) is 11.8 Å². The molecule has 1 atom stereocenters. The highest BCUT2D eigenvalue weighted by molar-refractivity contribution is 7.22. The fraction of sp³-hybridized carbons (Fsp3) is 0.214. The van der Waals surface area contributed by atoms with Crippen LogP contribution in [0.25, 0.3) is 10.2 Å². The van der Waals surface area contributed by atoms with E-state index in [1.165, 1.54) is 4.88 Å². The minimum absolute atomic E-state index is 0.370. The molecule has 2 nitrogen and oxygen atoms in total. The molecule has 0 aliphatic rings. The molecule has 2 heterocycles. The molecule has 0 fully saturated rings. The van der Waals surface area contributed by atoms with Gasteiger partial charge < -0.3 is 5.32 Å². The van der Waals surface area contributed by atoms with E-state index in [2.05, 4.69) is 34.7 Å². The summed E-state index contributed by atoms with van der Waals surface area (Å²) in [6, 6.07) is 10.4. The van der Waals surface area contributed by atoms with Gasteiger partial charge in [-0.1, -0.05) is 29.0 Å². The summed E-state index contributed by atoms with van der Waals surface area (Å²) in [5.74, 6) is 0. The van der Waals surface area contributed by atoms with Crippen LogP contribution in [-0.2, 0) is 6.42 Å². The zero-order valence-corrected chi connectivity index (χ0v) is 12.8. The number of nitrogens with one attached hydrogen (secondary N) is 1. The third kappa shape index (κ3) is 3.08. The van der Waals surface area contributed by atoms with Crippen molar-refractivity contribution in [1.82, 2.24) is 4.98 Å². The molecule has 0 aliphatic carbocycles. The quantitative estimate of drug-likeness (QED) is 0.729. The Labute approximate surface area is 125 Å². The SMILES string of the molecule is CC(Cc1cccs1)Nc1nc2ccc(Cl)cc2s1. The number of rotatable bonds is 4. The van der Waals surface area contributed by atoms with E-state index in [-0.39, 0.29) is 0 Å². The van der Waals surface area contributed by atoms with Crippen molar-refractivity contribution in [3.05, 3.63) is 45.6 Å². The topological polar surface area (TPSA) is 24.9 Å². The average molecular weight is 309 g/mol. The third-order valence-electron chi connectivity index (χ3n) is 2.81. The van der Waals surface area contributed by atoms with Crippen LogP contribution in [0.4, 0.5) is 5.13 Å². The van der Waals surface area contributed by atoms with Crippen LogP contribution in [0.3, 0.4) is 0 Å². The van der Waals surface area contributed by atoms with Crippen molar-refractivity contribution in [2.45, 2.75) is 19.4 Å². The van der Waals surface area contributed by atoms with Crippen molar-refractivity contribution < 1.29 is 0 Å². The predicted molar refractivity (Wildman–Crippen MR) is 85.7 cm³/mol. The molecule has 0 saturated heterocycles. The maximum atomic E-state index is 5.99. The molecular formula is C14H13ClN2S2. The number of aromatic nitrogens is 1. The number of nitrogens with zero attached hydrogens (tertiary/aromatic N) is 1. The van der Waals surface area contributed by atoms with Crippen molar-refractivity contribution in [2.24, 2.45) is 0 Å². The van der Waals surface area contributed by atoms with Crippen LogP contribution in [0, 0.1) is 0 Å². The molecule has 0 bridgehead atoms. The van der Waals surface area contributed by atoms with Crippen LogP contribution < -0.4 is 5.32 Å². The molecule has 1 unspecified atom stereocenters. The summed E-state index contributed by atoms with van der Waals surface area (Å²) in [6.45, 7) is 2.18. The Morgan fingerprint density at radius 1 is 1.37 bits per heavy atom. The largest absolute Gasteiger partial charge is 0.359 e. The van der Waals surface area contributed by atoms with Crippen LogP contribution in [-0.4, -0.2) is 11.0 Å². The molecule has 0 amide bonds. The Balaban J connectivity index is 1.74. The monoisotopic (exact) mass is 308 g/mol. The summed E-state index contributed by atoms with van der Waals surface area (Å²) < 4.78 is 1.12. The van der Waals surface area contributed by atoms with E-state index in [1.54, 1.807) is 22.7 Å². The standard InChI is InChI=1S/C14H13ClN2S2/c1-9(7-11-3-2-6-18-11)16-14-17-12-5-4-10(15)8-13(12)19-14/h2-6,8-9H,7H2,1H3,(H,16,17). The molecule has 0 saturated carbocycles. The number of thiophene rings is 1. The predicted octanol–water partition coefficient (Wildman–Crippen LogP) is 5.05. The fourth-order valence-electron chi connectivity index (χ4n) is 1.95. The molecule has 5 heteroatoms. The molecule has 98 valence electrons. The Morgan fingerprint density at radius 3 is 3.05 bits per heavy atom. The van der Waals surface area contributed by atoms with Gasteiger partial charge in [-0.3, -0.25) is 0 Å². The maximum Gasteiger partial charge on any atom is 0.184 e. The highest BCUT2D eigenvalue weighted by Crippen LogP contribution is 2.29. The smallest absolute Gasteiger partial charge is 0.184 e. The highest BCUT2D eigenvalue weighted by Gasteiger charge is 2.08. The molecular weight excluding hydrogens is 296 g/mol. The lowest BCUT2D eigenvalue weighted by molar-refractivity contribution is 0.799. The average Bonchev–Trinajstić information content (AvgIpc) is 2.97. The van der Waals surface area contributed by atoms with Gasteiger partial charge in [0.2, 0.25) is 0 Å². The lowest BCUT2D eigenvalue weighted by Gasteiger charge is -2.11. The summed E-state index contributed by atoms with van der Waals surface area (Å²) in [5.41, 5.74) is 1.00. The second-order valence-electron chi connectivity index (χ2n) is 4.46. The van der Waals surface area contributed by atoms with E-state index >= 15 is 0 Å². The van der Waals surface area contributed by atoms with Crippen molar-refractivity contribution in [1.29, 1.82) is 0 Å². The maximum absolute atomic E-state index is 5.99. The van der Waals surface area contributed by atoms with Crippen molar-refractivity contribution in [3.8, 4) is 0 Å². The number of hydrogen-bond donors (Lipinski definition) is 1. The summed E-state index contributed by atoms with van der Waals surface area (Å²) in [5, 5.41) is 7.29. The molecule has 0 aliphatic heterocycles. The molecule has 0 spiro atoms. The van der Waals surface area contributed by atoms with Crippen LogP contribution >= 0.6 is 34.3 Å². The van der Waals surface area contributed by atoms with Crippen LogP contribution in [0.2, 0.25) is 5.02 Å². The normalized spacial score (nSPS) is 12.7. The van der Waals surface area contributed by atoms with Crippen molar-refractivity contribution in [2.75, 3.05) is 5.32 Å². The van der Waals surface area contributed by atoms with Crippen molar-refractivity contribution in [3.63, 3.8) is 0 Å². The van der Waals surface area contributed by atoms with Gasteiger partial charge in [0.05, 0.1) is 10.2 Å². The number of benzene rings is 1. The minimum atomic E-state index is 0.370. The molecule has 3 aromatic rings. The van der Waals surface area contributed by atoms with Gasteiger partial charge in [0.1, 0.15) is 0 Å². The minimum Gasteiger partial charge on any atom is -0.359 e. The van der Waals surface area contributed by atoms with Gasteiger partial charge in [-0.15, -0.1) is 11.3 Å². The Bertz CT molecular complexity index is 676. The lowest BCUT2D eigenvalue weighted by atomic mass is 10.2. The molecule has 3 rings (SSSR count). The summed E-state index contributed by atoms with van der Waals surface area (Å²) in [4.78, 5) is 5.97. The lowest BCUT2D eigenvalue weighted by Crippen LogP contribution is -2.17. The first-order valence-corrected chi connectivity index (χ1v) is 8.13. The fourth-order valence-corrected chi connectivity index (χ4v) is 4.04. The number of thiazole rings is 1. The Morgan fingerprint density at radius 2 is 2.26 bits per heavy atom. The van der Waals surface area contributed by atoms with E-state index < -0.39 is 0 Å². The van der Waals surface area contributed by atoms with Gasteiger partial charge in [-0.05, 0) is 36.6 Å². The second kappa shape index (κ2) is 5.49. The molecule has 0 radical (unpaired) electrons. The van der Waals surface area contributed by atoms with E-state index in [0.717, 1.165) is 26.8 Å². The zero-order chi connectivity index (χ0) is 13.2. The van der Waals surface area contributed by atoms with Crippen LogP contribution in [0.5, 0.6) is 0 Å². The van der Waals surface area contributed by atoms with Crippen molar-refractivity contribution >= 4 is 49.6 Å². The molecule has 1 N–H and O–H groups in total. The number of anilines is 1. The second-order valence-corrected chi connectivity index (χ2v) is 6.96. The van der Waals surface area contributed by atoms with E-state index in [0.29, 0.717) is 6.04 Å². The summed E-state index contributed by atoms with van der Waals surface area (Å²) >= 11 is 9.43. The summed E-state index contributed by atoms with van der Waals surface area (Å²) in [7, 11) is 0. The number of halogens is 1. The van der Waals surface area contributed by atoms with Crippen LogP contribution in [0.15, 0.2) is 35.7 Å². The first kappa shape index (κ1) is 12.9. The molecule has 2 aromatic heterocycles. The molecule has 1 aromatic carbocycles. The van der Waals surface area contributed by atoms with Gasteiger partial charge in [-0.25, -0.2) is 4.98 Å². The highest BCUT2D eigenvalue weighted by atomic mass is 35.5.